The smallest absolute Gasteiger partial charge is 0.327 e. The van der Waals surface area contributed by atoms with Gasteiger partial charge in [-0.25, -0.2) is 4.79 Å². The first-order valence-electron chi connectivity index (χ1n) is 3.74. The summed E-state index contributed by atoms with van der Waals surface area (Å²) in [7, 11) is 1.21. The summed E-state index contributed by atoms with van der Waals surface area (Å²) < 4.78 is 0. The van der Waals surface area contributed by atoms with Gasteiger partial charge in [0.2, 0.25) is 5.91 Å². The van der Waals surface area contributed by atoms with Crippen LogP contribution in [0.4, 0.5) is 0 Å². The van der Waals surface area contributed by atoms with Crippen LogP contribution in [0, 0.1) is 0 Å². The average Bonchev–Trinajstić information content (AvgIpc) is 2.11. The molecular formula is C8H11NO5. The number of nitrogens with zero attached hydrogens (tertiary/aromatic N) is 1. The SMILES string of the molecule is C=CC(=O)N(C)[C@H](CC(=O)O)C(=O)O. The molecule has 0 fully saturated rings. The Balaban J connectivity index is 4.64. The van der Waals surface area contributed by atoms with Gasteiger partial charge in [0.25, 0.3) is 0 Å². The Morgan fingerprint density at radius 3 is 2.21 bits per heavy atom. The van der Waals surface area contributed by atoms with Crippen molar-refractivity contribution in [2.45, 2.75) is 12.5 Å². The molecule has 0 spiro atoms. The van der Waals surface area contributed by atoms with Gasteiger partial charge < -0.3 is 15.1 Å². The van der Waals surface area contributed by atoms with Gasteiger partial charge in [-0.05, 0) is 6.08 Å². The van der Waals surface area contributed by atoms with Crippen molar-refractivity contribution in [1.29, 1.82) is 0 Å². The molecule has 0 unspecified atom stereocenters. The van der Waals surface area contributed by atoms with E-state index < -0.39 is 30.3 Å². The zero-order chi connectivity index (χ0) is 11.3. The van der Waals surface area contributed by atoms with Crippen molar-refractivity contribution in [2.75, 3.05) is 7.05 Å². The van der Waals surface area contributed by atoms with E-state index in [1.54, 1.807) is 0 Å². The van der Waals surface area contributed by atoms with E-state index in [0.29, 0.717) is 0 Å². The van der Waals surface area contributed by atoms with Crippen molar-refractivity contribution >= 4 is 17.8 Å². The van der Waals surface area contributed by atoms with Crippen molar-refractivity contribution < 1.29 is 24.6 Å². The summed E-state index contributed by atoms with van der Waals surface area (Å²) in [6.45, 7) is 3.17. The molecule has 0 aliphatic heterocycles. The number of hydrogen-bond acceptors (Lipinski definition) is 3. The molecule has 1 atom stereocenters. The summed E-state index contributed by atoms with van der Waals surface area (Å²) in [6, 6.07) is -1.36. The van der Waals surface area contributed by atoms with E-state index in [4.69, 9.17) is 10.2 Å². The molecule has 0 aromatic carbocycles. The van der Waals surface area contributed by atoms with Crippen LogP contribution in [0.1, 0.15) is 6.42 Å². The lowest BCUT2D eigenvalue weighted by Crippen LogP contribution is -2.42. The van der Waals surface area contributed by atoms with Gasteiger partial charge in [-0.3, -0.25) is 9.59 Å². The summed E-state index contributed by atoms with van der Waals surface area (Å²) in [5.74, 6) is -3.26. The topological polar surface area (TPSA) is 94.9 Å². The minimum atomic E-state index is -1.36. The van der Waals surface area contributed by atoms with Crippen LogP contribution in [0.15, 0.2) is 12.7 Å². The van der Waals surface area contributed by atoms with E-state index in [9.17, 15) is 14.4 Å². The van der Waals surface area contributed by atoms with Crippen molar-refractivity contribution in [1.82, 2.24) is 4.90 Å². The first kappa shape index (κ1) is 12.2. The van der Waals surface area contributed by atoms with Crippen LogP contribution in [0.5, 0.6) is 0 Å². The lowest BCUT2D eigenvalue weighted by Gasteiger charge is -2.21. The third-order valence-corrected chi connectivity index (χ3v) is 1.64. The fourth-order valence-corrected chi connectivity index (χ4v) is 0.853. The van der Waals surface area contributed by atoms with Crippen LogP contribution < -0.4 is 0 Å². The van der Waals surface area contributed by atoms with Gasteiger partial charge in [0.05, 0.1) is 6.42 Å². The average molecular weight is 201 g/mol. The highest BCUT2D eigenvalue weighted by Gasteiger charge is 2.27. The second-order valence-corrected chi connectivity index (χ2v) is 2.61. The Morgan fingerprint density at radius 2 is 1.93 bits per heavy atom. The van der Waals surface area contributed by atoms with Crippen LogP contribution in [-0.4, -0.2) is 46.0 Å². The van der Waals surface area contributed by atoms with E-state index >= 15 is 0 Å². The number of carbonyl (C=O) groups excluding carboxylic acids is 1. The van der Waals surface area contributed by atoms with Crippen molar-refractivity contribution in [3.8, 4) is 0 Å². The number of aliphatic carboxylic acids is 2. The highest BCUT2D eigenvalue weighted by atomic mass is 16.4. The lowest BCUT2D eigenvalue weighted by atomic mass is 10.2. The molecule has 0 bridgehead atoms. The van der Waals surface area contributed by atoms with E-state index in [0.717, 1.165) is 11.0 Å². The molecule has 14 heavy (non-hydrogen) atoms. The monoisotopic (exact) mass is 201 g/mol. The Bertz CT molecular complexity index is 273. The molecular weight excluding hydrogens is 190 g/mol. The van der Waals surface area contributed by atoms with Crippen molar-refractivity contribution in [2.24, 2.45) is 0 Å². The highest BCUT2D eigenvalue weighted by Crippen LogP contribution is 2.03. The number of hydrogen-bond donors (Lipinski definition) is 2. The third kappa shape index (κ3) is 3.26. The van der Waals surface area contributed by atoms with Gasteiger partial charge in [-0.15, -0.1) is 0 Å². The molecule has 0 saturated heterocycles. The lowest BCUT2D eigenvalue weighted by molar-refractivity contribution is -0.152. The molecule has 6 heteroatoms. The summed E-state index contributed by atoms with van der Waals surface area (Å²) >= 11 is 0. The molecule has 0 aliphatic rings. The van der Waals surface area contributed by atoms with Gasteiger partial charge >= 0.3 is 11.9 Å². The Morgan fingerprint density at radius 1 is 1.43 bits per heavy atom. The molecule has 0 aromatic heterocycles. The molecule has 0 radical (unpaired) electrons. The van der Waals surface area contributed by atoms with Gasteiger partial charge in [0.15, 0.2) is 0 Å². The predicted molar refractivity (Wildman–Crippen MR) is 46.6 cm³/mol. The fraction of sp³-hybridized carbons (Fsp3) is 0.375. The zero-order valence-electron chi connectivity index (χ0n) is 7.64. The Kier molecular flexibility index (Phi) is 4.34. The zero-order valence-corrected chi connectivity index (χ0v) is 7.64. The van der Waals surface area contributed by atoms with Crippen LogP contribution in [0.2, 0.25) is 0 Å². The van der Waals surface area contributed by atoms with E-state index in [-0.39, 0.29) is 0 Å². The van der Waals surface area contributed by atoms with Gasteiger partial charge in [0.1, 0.15) is 6.04 Å². The summed E-state index contributed by atoms with van der Waals surface area (Å²) in [5.41, 5.74) is 0. The van der Waals surface area contributed by atoms with Crippen LogP contribution in [0.3, 0.4) is 0 Å². The summed E-state index contributed by atoms with van der Waals surface area (Å²) in [4.78, 5) is 32.7. The first-order valence-corrected chi connectivity index (χ1v) is 3.74. The predicted octanol–water partition coefficient (Wildman–Crippen LogP) is -0.441. The second kappa shape index (κ2) is 5.00. The van der Waals surface area contributed by atoms with Gasteiger partial charge in [-0.1, -0.05) is 6.58 Å². The van der Waals surface area contributed by atoms with Crippen molar-refractivity contribution in [3.05, 3.63) is 12.7 Å². The normalized spacial score (nSPS) is 11.5. The molecule has 0 saturated carbocycles. The Hall–Kier alpha value is -1.85. The van der Waals surface area contributed by atoms with Crippen LogP contribution in [-0.2, 0) is 14.4 Å². The summed E-state index contributed by atoms with van der Waals surface area (Å²) in [5, 5.41) is 17.1. The standard InChI is InChI=1S/C8H11NO5/c1-3-6(10)9(2)5(8(13)14)4-7(11)12/h3,5H,1,4H2,2H3,(H,11,12)(H,13,14)/t5-/m1/s1. The number of carboxylic acid groups (broad SMARTS) is 2. The summed E-state index contributed by atoms with van der Waals surface area (Å²) in [6.07, 6.45) is 0.295. The van der Waals surface area contributed by atoms with E-state index in [1.807, 2.05) is 0 Å². The molecule has 0 rings (SSSR count). The molecule has 0 aliphatic carbocycles. The van der Waals surface area contributed by atoms with E-state index in [1.165, 1.54) is 7.05 Å². The van der Waals surface area contributed by atoms with Gasteiger partial charge in [-0.2, -0.15) is 0 Å². The minimum absolute atomic E-state index is 0.626. The molecule has 6 nitrogen and oxygen atoms in total. The maximum atomic E-state index is 11.0. The molecule has 0 aromatic rings. The van der Waals surface area contributed by atoms with Crippen LogP contribution >= 0.6 is 0 Å². The number of rotatable bonds is 5. The van der Waals surface area contributed by atoms with Gasteiger partial charge in [0, 0.05) is 7.05 Å². The Labute approximate surface area is 80.4 Å². The fourth-order valence-electron chi connectivity index (χ4n) is 0.853. The molecule has 0 heterocycles. The first-order chi connectivity index (χ1) is 6.40. The number of amides is 1. The van der Waals surface area contributed by atoms with E-state index in [2.05, 4.69) is 6.58 Å². The largest absolute Gasteiger partial charge is 0.481 e. The van der Waals surface area contributed by atoms with Crippen molar-refractivity contribution in [3.63, 3.8) is 0 Å². The minimum Gasteiger partial charge on any atom is -0.481 e. The second-order valence-electron chi connectivity index (χ2n) is 2.61. The maximum absolute atomic E-state index is 11.0. The quantitative estimate of drug-likeness (QED) is 0.588. The number of carboxylic acids is 2. The third-order valence-electron chi connectivity index (χ3n) is 1.64. The molecule has 78 valence electrons. The molecule has 1 amide bonds. The number of likely N-dealkylation sites (N-methyl/N-ethyl adjacent to an activating group) is 1. The maximum Gasteiger partial charge on any atom is 0.327 e. The highest BCUT2D eigenvalue weighted by molar-refractivity contribution is 5.91. The number of carbonyl (C=O) groups is 3. The molecule has 2 N–H and O–H groups in total. The van der Waals surface area contributed by atoms with Crippen LogP contribution in [0.25, 0.3) is 0 Å².